The monoisotopic (exact) mass is 277 g/mol. The van der Waals surface area contributed by atoms with E-state index in [1.165, 1.54) is 0 Å². The molecule has 0 spiro atoms. The number of carbonyl (C=O) groups is 1. The lowest BCUT2D eigenvalue weighted by molar-refractivity contribution is -0.120. The van der Waals surface area contributed by atoms with Crippen LogP contribution in [-0.2, 0) is 11.2 Å². The number of ether oxygens (including phenoxy) is 2. The first-order valence-corrected chi connectivity index (χ1v) is 7.02. The van der Waals surface area contributed by atoms with Gasteiger partial charge in [-0.05, 0) is 37.0 Å². The molecule has 1 unspecified atom stereocenters. The molecule has 1 aromatic carbocycles. The molecule has 2 rings (SSSR count). The predicted molar refractivity (Wildman–Crippen MR) is 78.2 cm³/mol. The maximum atomic E-state index is 11.7. The van der Waals surface area contributed by atoms with E-state index >= 15 is 0 Å². The fourth-order valence-electron chi connectivity index (χ4n) is 2.87. The zero-order valence-electron chi connectivity index (χ0n) is 12.7. The number of rotatable bonds is 5. The Labute approximate surface area is 120 Å². The van der Waals surface area contributed by atoms with Crippen LogP contribution in [0.5, 0.6) is 11.5 Å². The number of amides is 1. The zero-order valence-corrected chi connectivity index (χ0v) is 12.7. The van der Waals surface area contributed by atoms with Gasteiger partial charge >= 0.3 is 0 Å². The number of nitrogens with one attached hydrogen (secondary N) is 1. The van der Waals surface area contributed by atoms with E-state index in [2.05, 4.69) is 19.2 Å². The lowest BCUT2D eigenvalue weighted by Gasteiger charge is -2.34. The van der Waals surface area contributed by atoms with Crippen LogP contribution in [0.4, 0.5) is 0 Å². The van der Waals surface area contributed by atoms with Crippen molar-refractivity contribution in [1.29, 1.82) is 0 Å². The van der Waals surface area contributed by atoms with E-state index in [0.717, 1.165) is 29.9 Å². The average Bonchev–Trinajstić information content (AvgIpc) is 2.81. The summed E-state index contributed by atoms with van der Waals surface area (Å²) >= 11 is 0. The van der Waals surface area contributed by atoms with Crippen LogP contribution in [0.2, 0.25) is 0 Å². The third-order valence-corrected chi connectivity index (χ3v) is 4.29. The van der Waals surface area contributed by atoms with Crippen molar-refractivity contribution in [2.45, 2.75) is 38.6 Å². The minimum absolute atomic E-state index is 0.139. The molecule has 0 aliphatic carbocycles. The molecular weight excluding hydrogens is 254 g/mol. The summed E-state index contributed by atoms with van der Waals surface area (Å²) in [6, 6.07) is 5.80. The molecule has 4 heteroatoms. The van der Waals surface area contributed by atoms with Crippen LogP contribution >= 0.6 is 0 Å². The highest BCUT2D eigenvalue weighted by molar-refractivity contribution is 5.79. The Bertz CT molecular complexity index is 498. The minimum Gasteiger partial charge on any atom is -0.497 e. The van der Waals surface area contributed by atoms with Gasteiger partial charge in [0.05, 0.1) is 14.2 Å². The molecule has 20 heavy (non-hydrogen) atoms. The Morgan fingerprint density at radius 1 is 1.30 bits per heavy atom. The van der Waals surface area contributed by atoms with E-state index in [1.54, 1.807) is 14.2 Å². The van der Waals surface area contributed by atoms with Crippen molar-refractivity contribution in [3.8, 4) is 11.5 Å². The molecule has 1 amide bonds. The second-order valence-electron chi connectivity index (χ2n) is 5.71. The van der Waals surface area contributed by atoms with E-state index in [1.807, 2.05) is 18.2 Å². The van der Waals surface area contributed by atoms with Gasteiger partial charge in [-0.3, -0.25) is 4.79 Å². The summed E-state index contributed by atoms with van der Waals surface area (Å²) in [7, 11) is 3.32. The van der Waals surface area contributed by atoms with Crippen molar-refractivity contribution in [2.24, 2.45) is 5.92 Å². The van der Waals surface area contributed by atoms with Gasteiger partial charge in [0.1, 0.15) is 11.5 Å². The normalized spacial score (nSPS) is 21.9. The first-order valence-electron chi connectivity index (χ1n) is 7.02. The van der Waals surface area contributed by atoms with E-state index in [4.69, 9.17) is 9.47 Å². The lowest BCUT2D eigenvalue weighted by Crippen LogP contribution is -2.48. The minimum atomic E-state index is -0.184. The molecule has 1 atom stereocenters. The van der Waals surface area contributed by atoms with Crippen LogP contribution in [0.25, 0.3) is 0 Å². The molecule has 0 aromatic heterocycles. The topological polar surface area (TPSA) is 47.6 Å². The Kier molecular flexibility index (Phi) is 4.21. The first kappa shape index (κ1) is 14.7. The number of carbonyl (C=O) groups excluding carboxylic acids is 1. The van der Waals surface area contributed by atoms with Gasteiger partial charge in [0.2, 0.25) is 5.91 Å². The third-order valence-electron chi connectivity index (χ3n) is 4.29. The zero-order chi connectivity index (χ0) is 14.8. The maximum absolute atomic E-state index is 11.7. The van der Waals surface area contributed by atoms with Crippen LogP contribution in [-0.4, -0.2) is 25.7 Å². The molecule has 110 valence electrons. The summed E-state index contributed by atoms with van der Waals surface area (Å²) < 4.78 is 10.7. The van der Waals surface area contributed by atoms with E-state index < -0.39 is 0 Å². The fourth-order valence-corrected chi connectivity index (χ4v) is 2.87. The molecule has 1 N–H and O–H groups in total. The number of methoxy groups -OCH3 is 2. The fraction of sp³-hybridized carbons (Fsp3) is 0.562. The summed E-state index contributed by atoms with van der Waals surface area (Å²) in [5.74, 6) is 2.15. The molecule has 1 aromatic rings. The molecule has 1 aliphatic rings. The standard InChI is InChI=1S/C16H23NO3/c1-11(2)16(8-7-15(18)17-16)10-12-9-13(19-3)5-6-14(12)20-4/h5-6,9,11H,7-8,10H2,1-4H3,(H,17,18). The van der Waals surface area contributed by atoms with Crippen molar-refractivity contribution in [3.63, 3.8) is 0 Å². The Morgan fingerprint density at radius 3 is 2.55 bits per heavy atom. The van der Waals surface area contributed by atoms with Crippen molar-refractivity contribution in [1.82, 2.24) is 5.32 Å². The van der Waals surface area contributed by atoms with Gasteiger partial charge in [-0.15, -0.1) is 0 Å². The van der Waals surface area contributed by atoms with Crippen molar-refractivity contribution >= 4 is 5.91 Å². The molecule has 1 fully saturated rings. The average molecular weight is 277 g/mol. The molecule has 1 aliphatic heterocycles. The second-order valence-corrected chi connectivity index (χ2v) is 5.71. The largest absolute Gasteiger partial charge is 0.497 e. The first-order chi connectivity index (χ1) is 9.50. The van der Waals surface area contributed by atoms with Crippen LogP contribution in [0.15, 0.2) is 18.2 Å². The summed E-state index contributed by atoms with van der Waals surface area (Å²) in [6.07, 6.45) is 2.23. The van der Waals surface area contributed by atoms with Gasteiger partial charge in [-0.25, -0.2) is 0 Å². The van der Waals surface area contributed by atoms with Crippen molar-refractivity contribution in [2.75, 3.05) is 14.2 Å². The quantitative estimate of drug-likeness (QED) is 0.899. The molecule has 1 heterocycles. The van der Waals surface area contributed by atoms with Crippen molar-refractivity contribution in [3.05, 3.63) is 23.8 Å². The lowest BCUT2D eigenvalue weighted by atomic mass is 9.79. The summed E-state index contributed by atoms with van der Waals surface area (Å²) in [4.78, 5) is 11.7. The van der Waals surface area contributed by atoms with E-state index in [0.29, 0.717) is 12.3 Å². The SMILES string of the molecule is COc1ccc(OC)c(CC2(C(C)C)CCC(=O)N2)c1. The summed E-state index contributed by atoms with van der Waals surface area (Å²) in [6.45, 7) is 4.30. The molecule has 0 saturated carbocycles. The summed E-state index contributed by atoms with van der Waals surface area (Å²) in [5, 5.41) is 3.17. The second kappa shape index (κ2) is 5.73. The highest BCUT2D eigenvalue weighted by Crippen LogP contribution is 2.35. The van der Waals surface area contributed by atoms with Gasteiger partial charge in [-0.1, -0.05) is 13.8 Å². The molecule has 0 radical (unpaired) electrons. The molecule has 4 nitrogen and oxygen atoms in total. The van der Waals surface area contributed by atoms with Gasteiger partial charge in [0, 0.05) is 17.5 Å². The van der Waals surface area contributed by atoms with Crippen LogP contribution in [0, 0.1) is 5.92 Å². The van der Waals surface area contributed by atoms with E-state index in [9.17, 15) is 4.79 Å². The third kappa shape index (κ3) is 2.74. The highest BCUT2D eigenvalue weighted by Gasteiger charge is 2.40. The Morgan fingerprint density at radius 2 is 2.05 bits per heavy atom. The molecule has 0 bridgehead atoms. The van der Waals surface area contributed by atoms with Gasteiger partial charge in [0.15, 0.2) is 0 Å². The molecule has 1 saturated heterocycles. The maximum Gasteiger partial charge on any atom is 0.220 e. The van der Waals surface area contributed by atoms with Crippen LogP contribution in [0.1, 0.15) is 32.3 Å². The van der Waals surface area contributed by atoms with E-state index in [-0.39, 0.29) is 11.4 Å². The van der Waals surface area contributed by atoms with Gasteiger partial charge in [-0.2, -0.15) is 0 Å². The molecular formula is C16H23NO3. The Hall–Kier alpha value is -1.71. The van der Waals surface area contributed by atoms with Crippen LogP contribution < -0.4 is 14.8 Å². The summed E-state index contributed by atoms with van der Waals surface area (Å²) in [5.41, 5.74) is 0.888. The van der Waals surface area contributed by atoms with Crippen molar-refractivity contribution < 1.29 is 14.3 Å². The predicted octanol–water partition coefficient (Wildman–Crippen LogP) is 2.55. The van der Waals surface area contributed by atoms with Gasteiger partial charge in [0.25, 0.3) is 0 Å². The van der Waals surface area contributed by atoms with Crippen LogP contribution in [0.3, 0.4) is 0 Å². The number of hydrogen-bond acceptors (Lipinski definition) is 3. The smallest absolute Gasteiger partial charge is 0.220 e. The number of hydrogen-bond donors (Lipinski definition) is 1. The van der Waals surface area contributed by atoms with Gasteiger partial charge < -0.3 is 14.8 Å². The Balaban J connectivity index is 2.33. The highest BCUT2D eigenvalue weighted by atomic mass is 16.5. The number of benzene rings is 1.